The topological polar surface area (TPSA) is 240 Å². The molecule has 15 heteroatoms. The summed E-state index contributed by atoms with van der Waals surface area (Å²) in [7, 11) is 0. The van der Waals surface area contributed by atoms with Gasteiger partial charge in [-0.15, -0.1) is 0 Å². The summed E-state index contributed by atoms with van der Waals surface area (Å²) in [6.07, 6.45) is 4.18. The summed E-state index contributed by atoms with van der Waals surface area (Å²) in [6, 6.07) is 7.95. The molecule has 0 bridgehead atoms. The lowest BCUT2D eigenvalue weighted by molar-refractivity contribution is -0.148. The summed E-state index contributed by atoms with van der Waals surface area (Å²) >= 11 is 0. The molecule has 2 aromatic rings. The van der Waals surface area contributed by atoms with Gasteiger partial charge in [0, 0.05) is 32.4 Å². The van der Waals surface area contributed by atoms with Crippen LogP contribution < -0.4 is 20.9 Å². The zero-order valence-corrected chi connectivity index (χ0v) is 28.7. The van der Waals surface area contributed by atoms with Gasteiger partial charge < -0.3 is 36.4 Å². The first-order valence-electron chi connectivity index (χ1n) is 17.0. The van der Waals surface area contributed by atoms with Gasteiger partial charge in [-0.2, -0.15) is 0 Å². The Labute approximate surface area is 295 Å². The Balaban J connectivity index is 1.73. The predicted octanol–water partition coefficient (Wildman–Crippen LogP) is 2.40. The highest BCUT2D eigenvalue weighted by Gasteiger charge is 2.32. The summed E-state index contributed by atoms with van der Waals surface area (Å²) in [5.74, 6) is -7.15. The van der Waals surface area contributed by atoms with Gasteiger partial charge in [-0.05, 0) is 73.8 Å². The predicted molar refractivity (Wildman–Crippen MR) is 184 cm³/mol. The van der Waals surface area contributed by atoms with Crippen molar-refractivity contribution in [2.45, 2.75) is 83.7 Å². The molecule has 0 spiro atoms. The molecular formula is C36H46N4O11. The minimum absolute atomic E-state index is 0.00159. The molecule has 0 unspecified atom stereocenters. The number of benzene rings is 2. The second-order valence-corrected chi connectivity index (χ2v) is 12.7. The van der Waals surface area contributed by atoms with Crippen LogP contribution in [0, 0.1) is 11.8 Å². The van der Waals surface area contributed by atoms with Crippen LogP contribution in [0.4, 0.5) is 11.4 Å². The van der Waals surface area contributed by atoms with Crippen LogP contribution in [0.15, 0.2) is 42.5 Å². The van der Waals surface area contributed by atoms with Crippen LogP contribution >= 0.6 is 0 Å². The molecule has 1 aliphatic rings. The van der Waals surface area contributed by atoms with E-state index in [-0.39, 0.29) is 47.5 Å². The molecule has 0 aliphatic heterocycles. The maximum Gasteiger partial charge on any atom is 0.395 e. The van der Waals surface area contributed by atoms with Crippen molar-refractivity contribution in [2.75, 3.05) is 18.1 Å². The van der Waals surface area contributed by atoms with Gasteiger partial charge in [-0.25, -0.2) is 14.4 Å². The molecule has 51 heavy (non-hydrogen) atoms. The van der Waals surface area contributed by atoms with Gasteiger partial charge in [-0.1, -0.05) is 44.0 Å². The number of rotatable bonds is 17. The van der Waals surface area contributed by atoms with Gasteiger partial charge in [0.1, 0.15) is 12.1 Å². The third-order valence-corrected chi connectivity index (χ3v) is 8.90. The smallest absolute Gasteiger partial charge is 0.395 e. The van der Waals surface area contributed by atoms with Crippen LogP contribution in [0.3, 0.4) is 0 Å². The van der Waals surface area contributed by atoms with Crippen LogP contribution in [-0.2, 0) is 41.6 Å². The molecule has 0 saturated heterocycles. The Morgan fingerprint density at radius 1 is 0.882 bits per heavy atom. The molecule has 276 valence electrons. The molecule has 1 fully saturated rings. The first kappa shape index (κ1) is 40.1. The number of nitrogens with zero attached hydrogens (tertiary/aromatic N) is 1. The zero-order valence-electron chi connectivity index (χ0n) is 28.7. The Morgan fingerprint density at radius 3 is 2.16 bits per heavy atom. The summed E-state index contributed by atoms with van der Waals surface area (Å²) < 4.78 is 0. The Kier molecular flexibility index (Phi) is 15.1. The number of carbonyl (C=O) groups excluding carboxylic acids is 4. The average molecular weight is 711 g/mol. The van der Waals surface area contributed by atoms with E-state index in [4.69, 9.17) is 0 Å². The number of hydrogen-bond acceptors (Lipinski definition) is 8. The van der Waals surface area contributed by atoms with E-state index in [1.54, 1.807) is 6.07 Å². The SMILES string of the molecule is CCCC[C@H](NC(=O)C1CCC(CNC(=O)[C@H](Cc2ccc(N(C(=O)C(=O)O)c3ccccc3C(=O)O)c(CCO)c2)NC(C)=O)CC1)C(=O)O. The van der Waals surface area contributed by atoms with Crippen molar-refractivity contribution >= 4 is 52.9 Å². The van der Waals surface area contributed by atoms with Crippen LogP contribution in [0.2, 0.25) is 0 Å². The number of amides is 4. The molecule has 4 amide bonds. The van der Waals surface area contributed by atoms with E-state index in [2.05, 4.69) is 16.0 Å². The molecule has 0 radical (unpaired) electrons. The van der Waals surface area contributed by atoms with E-state index in [1.807, 2.05) is 6.92 Å². The number of aliphatic hydroxyl groups excluding tert-OH is 1. The molecule has 15 nitrogen and oxygen atoms in total. The maximum atomic E-state index is 13.3. The zero-order chi connectivity index (χ0) is 37.7. The highest BCUT2D eigenvalue weighted by atomic mass is 16.4. The van der Waals surface area contributed by atoms with Crippen molar-refractivity contribution in [1.29, 1.82) is 0 Å². The highest BCUT2D eigenvalue weighted by Crippen LogP contribution is 2.33. The van der Waals surface area contributed by atoms with Crippen molar-refractivity contribution in [2.24, 2.45) is 11.8 Å². The Bertz CT molecular complexity index is 1600. The van der Waals surface area contributed by atoms with Gasteiger partial charge in [-0.3, -0.25) is 24.1 Å². The van der Waals surface area contributed by atoms with Crippen molar-refractivity contribution in [3.05, 3.63) is 59.2 Å². The number of carboxylic acids is 3. The van der Waals surface area contributed by atoms with Crippen LogP contribution in [0.1, 0.15) is 80.3 Å². The average Bonchev–Trinajstić information content (AvgIpc) is 3.09. The quantitative estimate of drug-likeness (QED) is 0.118. The van der Waals surface area contributed by atoms with Crippen molar-refractivity contribution in [3.63, 3.8) is 0 Å². The molecule has 3 rings (SSSR count). The van der Waals surface area contributed by atoms with Crippen LogP contribution in [0.5, 0.6) is 0 Å². The van der Waals surface area contributed by atoms with Crippen molar-refractivity contribution in [1.82, 2.24) is 16.0 Å². The summed E-state index contributed by atoms with van der Waals surface area (Å²) in [4.78, 5) is 87.2. The number of nitrogens with one attached hydrogen (secondary N) is 3. The fourth-order valence-corrected chi connectivity index (χ4v) is 6.24. The number of carbonyl (C=O) groups is 7. The third kappa shape index (κ3) is 11.4. The number of unbranched alkanes of at least 4 members (excludes halogenated alkanes) is 1. The fourth-order valence-electron chi connectivity index (χ4n) is 6.24. The van der Waals surface area contributed by atoms with Gasteiger partial charge >= 0.3 is 23.8 Å². The number of para-hydroxylation sites is 1. The number of aliphatic hydroxyl groups is 1. The highest BCUT2D eigenvalue weighted by molar-refractivity contribution is 6.39. The van der Waals surface area contributed by atoms with E-state index in [0.29, 0.717) is 56.2 Å². The number of hydrogen-bond donors (Lipinski definition) is 7. The summed E-state index contributed by atoms with van der Waals surface area (Å²) in [5.41, 5.74) is 0.326. The lowest BCUT2D eigenvalue weighted by Crippen LogP contribution is -2.48. The van der Waals surface area contributed by atoms with E-state index in [9.17, 15) is 54.0 Å². The van der Waals surface area contributed by atoms with Crippen molar-refractivity contribution < 1.29 is 54.0 Å². The van der Waals surface area contributed by atoms with Gasteiger partial charge in [0.2, 0.25) is 17.7 Å². The largest absolute Gasteiger partial charge is 0.480 e. The molecular weight excluding hydrogens is 664 g/mol. The normalized spacial score (nSPS) is 16.6. The van der Waals surface area contributed by atoms with Crippen LogP contribution in [-0.4, -0.2) is 87.2 Å². The second kappa shape index (κ2) is 19.2. The molecule has 7 N–H and O–H groups in total. The van der Waals surface area contributed by atoms with Gasteiger partial charge in [0.25, 0.3) is 0 Å². The van der Waals surface area contributed by atoms with Crippen LogP contribution in [0.25, 0.3) is 0 Å². The molecule has 2 aromatic carbocycles. The maximum absolute atomic E-state index is 13.3. The Hall–Kier alpha value is -5.31. The van der Waals surface area contributed by atoms with E-state index < -0.39 is 54.3 Å². The summed E-state index contributed by atoms with van der Waals surface area (Å²) in [6.45, 7) is 3.10. The monoisotopic (exact) mass is 710 g/mol. The minimum Gasteiger partial charge on any atom is -0.480 e. The van der Waals surface area contributed by atoms with Gasteiger partial charge in [0.15, 0.2) is 0 Å². The summed E-state index contributed by atoms with van der Waals surface area (Å²) in [5, 5.41) is 46.7. The van der Waals surface area contributed by atoms with Crippen molar-refractivity contribution in [3.8, 4) is 0 Å². The van der Waals surface area contributed by atoms with E-state index in [0.717, 1.165) is 11.3 Å². The lowest BCUT2D eigenvalue weighted by Gasteiger charge is -2.29. The van der Waals surface area contributed by atoms with E-state index >= 15 is 0 Å². The van der Waals surface area contributed by atoms with E-state index in [1.165, 1.54) is 43.3 Å². The number of anilines is 2. The molecule has 1 saturated carbocycles. The second-order valence-electron chi connectivity index (χ2n) is 12.7. The molecule has 1 aliphatic carbocycles. The standard InChI is InChI=1S/C36H46N4O11/c1-3-4-8-27(35(48)49)39-31(43)24-13-10-22(11-14-24)20-37-32(44)28(38-21(2)42)19-23-12-15-29(25(18-23)16-17-41)40(33(45)36(50)51)30-9-6-5-7-26(30)34(46)47/h5-7,9,12,15,18,22,24,27-28,41H,3-4,8,10-11,13-14,16-17,19-20H2,1-2H3,(H,37,44)(H,38,42)(H,39,43)(H,46,47)(H,48,49)(H,50,51)/t22?,24?,27-,28-/m0/s1. The molecule has 0 aromatic heterocycles. The Morgan fingerprint density at radius 2 is 1.57 bits per heavy atom. The number of aliphatic carboxylic acids is 2. The molecule has 2 atom stereocenters. The first-order chi connectivity index (χ1) is 24.3. The first-order valence-corrected chi connectivity index (χ1v) is 17.0. The molecule has 0 heterocycles. The lowest BCUT2D eigenvalue weighted by atomic mass is 9.81. The number of carboxylic acid groups (broad SMARTS) is 3. The van der Waals surface area contributed by atoms with Gasteiger partial charge in [0.05, 0.1) is 16.9 Å². The third-order valence-electron chi connectivity index (χ3n) is 8.90. The number of aromatic carboxylic acids is 1. The minimum atomic E-state index is -1.83. The fraction of sp³-hybridized carbons (Fsp3) is 0.472.